The summed E-state index contributed by atoms with van der Waals surface area (Å²) >= 11 is 0. The van der Waals surface area contributed by atoms with E-state index in [9.17, 15) is 4.21 Å². The van der Waals surface area contributed by atoms with E-state index in [-0.39, 0.29) is 12.2 Å². The second kappa shape index (κ2) is 5.58. The fourth-order valence-corrected chi connectivity index (χ4v) is 4.44. The highest BCUT2D eigenvalue weighted by molar-refractivity contribution is 7.86. The van der Waals surface area contributed by atoms with Gasteiger partial charge in [-0.2, -0.15) is 0 Å². The van der Waals surface area contributed by atoms with Crippen molar-refractivity contribution in [3.05, 3.63) is 36.4 Å². The molecular formula is C18H16O5S. The van der Waals surface area contributed by atoms with Gasteiger partial charge in [-0.25, -0.2) is 4.21 Å². The number of hydrogen-bond donors (Lipinski definition) is 0. The van der Waals surface area contributed by atoms with Crippen LogP contribution < -0.4 is 9.47 Å². The summed E-state index contributed by atoms with van der Waals surface area (Å²) in [5.74, 6) is 1.32. The predicted molar refractivity (Wildman–Crippen MR) is 87.0 cm³/mol. The molecule has 2 atom stereocenters. The van der Waals surface area contributed by atoms with Gasteiger partial charge < -0.3 is 18.9 Å². The van der Waals surface area contributed by atoms with Crippen molar-refractivity contribution in [1.82, 2.24) is 0 Å². The van der Waals surface area contributed by atoms with E-state index in [4.69, 9.17) is 18.9 Å². The lowest BCUT2D eigenvalue weighted by Crippen LogP contribution is -2.07. The minimum atomic E-state index is -1.32. The van der Waals surface area contributed by atoms with Gasteiger partial charge in [-0.15, -0.1) is 0 Å². The molecule has 3 heterocycles. The van der Waals surface area contributed by atoms with Gasteiger partial charge in [0.1, 0.15) is 36.9 Å². The van der Waals surface area contributed by atoms with Crippen molar-refractivity contribution in [1.29, 1.82) is 0 Å². The molecule has 2 fully saturated rings. The minimum absolute atomic E-state index is 0.163. The average Bonchev–Trinajstić information content (AvgIpc) is 3.52. The van der Waals surface area contributed by atoms with E-state index in [0.29, 0.717) is 24.7 Å². The Labute approximate surface area is 141 Å². The maximum Gasteiger partial charge on any atom is 0.136 e. The second-order valence-corrected chi connectivity index (χ2v) is 7.42. The molecule has 0 spiro atoms. The van der Waals surface area contributed by atoms with E-state index >= 15 is 0 Å². The summed E-state index contributed by atoms with van der Waals surface area (Å²) in [5.41, 5.74) is 1.90. The normalized spacial score (nSPS) is 25.8. The van der Waals surface area contributed by atoms with Crippen LogP contribution in [0.2, 0.25) is 0 Å². The smallest absolute Gasteiger partial charge is 0.136 e. The fourth-order valence-electron chi connectivity index (χ4n) is 2.86. The van der Waals surface area contributed by atoms with Gasteiger partial charge >= 0.3 is 0 Å². The SMILES string of the molecule is O=S1c2c(OCC3CO3)cccc2-c2cccc(OCC3CO3)c21. The number of fused-ring (bicyclic) bond motifs is 3. The van der Waals surface area contributed by atoms with Crippen LogP contribution in [0.25, 0.3) is 11.1 Å². The van der Waals surface area contributed by atoms with Crippen LogP contribution in [-0.4, -0.2) is 42.8 Å². The standard InChI is InChI=1S/C18H16O5S/c19-24-17-13(3-1-5-15(17)22-9-11-7-20-11)14-4-2-6-16(18(14)24)23-10-12-8-21-12/h1-6,11-12H,7-10H2. The molecule has 0 bridgehead atoms. The van der Waals surface area contributed by atoms with Crippen molar-refractivity contribution in [3.63, 3.8) is 0 Å². The Morgan fingerprint density at radius 2 is 1.33 bits per heavy atom. The third-order valence-corrected chi connectivity index (χ3v) is 5.86. The zero-order valence-corrected chi connectivity index (χ0v) is 13.7. The van der Waals surface area contributed by atoms with Crippen LogP contribution in [0.4, 0.5) is 0 Å². The first-order valence-electron chi connectivity index (χ1n) is 7.98. The van der Waals surface area contributed by atoms with Crippen LogP contribution in [0.5, 0.6) is 11.5 Å². The Morgan fingerprint density at radius 1 is 0.875 bits per heavy atom. The molecule has 24 heavy (non-hydrogen) atoms. The summed E-state index contributed by atoms with van der Waals surface area (Å²) in [6.45, 7) is 2.46. The summed E-state index contributed by atoms with van der Waals surface area (Å²) in [5, 5.41) is 0. The fraction of sp³-hybridized carbons (Fsp3) is 0.333. The van der Waals surface area contributed by atoms with Crippen molar-refractivity contribution >= 4 is 10.8 Å². The van der Waals surface area contributed by atoms with E-state index in [1.165, 1.54) is 0 Å². The third kappa shape index (κ3) is 2.51. The lowest BCUT2D eigenvalue weighted by molar-refractivity contribution is 0.258. The monoisotopic (exact) mass is 344 g/mol. The molecule has 124 valence electrons. The van der Waals surface area contributed by atoms with E-state index in [1.807, 2.05) is 36.4 Å². The largest absolute Gasteiger partial charge is 0.489 e. The zero-order chi connectivity index (χ0) is 16.1. The lowest BCUT2D eigenvalue weighted by Gasteiger charge is -2.09. The molecule has 5 rings (SSSR count). The Balaban J connectivity index is 1.51. The molecule has 6 heteroatoms. The Morgan fingerprint density at radius 3 is 1.75 bits per heavy atom. The Hall–Kier alpha value is -1.89. The van der Waals surface area contributed by atoms with Crippen LogP contribution in [0, 0.1) is 0 Å². The van der Waals surface area contributed by atoms with Gasteiger partial charge in [0, 0.05) is 11.1 Å². The second-order valence-electron chi connectivity index (χ2n) is 6.07. The maximum atomic E-state index is 13.1. The van der Waals surface area contributed by atoms with Crippen LogP contribution in [0.3, 0.4) is 0 Å². The highest BCUT2D eigenvalue weighted by Crippen LogP contribution is 2.48. The zero-order valence-electron chi connectivity index (χ0n) is 12.9. The first-order chi connectivity index (χ1) is 11.8. The van der Waals surface area contributed by atoms with Crippen molar-refractivity contribution < 1.29 is 23.2 Å². The molecule has 0 amide bonds. The molecule has 0 radical (unpaired) electrons. The molecule has 2 aromatic carbocycles. The summed E-state index contributed by atoms with van der Waals surface area (Å²) in [6.07, 6.45) is 0.325. The van der Waals surface area contributed by atoms with Crippen molar-refractivity contribution in [2.45, 2.75) is 22.0 Å². The maximum absolute atomic E-state index is 13.1. The number of benzene rings is 2. The molecule has 0 N–H and O–H groups in total. The molecule has 5 nitrogen and oxygen atoms in total. The molecule has 2 saturated heterocycles. The molecule has 0 aliphatic carbocycles. The molecule has 2 aromatic rings. The summed E-state index contributed by atoms with van der Waals surface area (Å²) in [7, 11) is -1.32. The van der Waals surface area contributed by atoms with Crippen molar-refractivity contribution in [2.75, 3.05) is 26.4 Å². The first-order valence-corrected chi connectivity index (χ1v) is 9.13. The van der Waals surface area contributed by atoms with Gasteiger partial charge in [0.05, 0.1) is 33.8 Å². The Bertz CT molecular complexity index is 759. The van der Waals surface area contributed by atoms with E-state index < -0.39 is 10.8 Å². The number of epoxide rings is 2. The van der Waals surface area contributed by atoms with Crippen molar-refractivity contribution in [3.8, 4) is 22.6 Å². The van der Waals surface area contributed by atoms with E-state index in [1.54, 1.807) is 0 Å². The topological polar surface area (TPSA) is 60.6 Å². The van der Waals surface area contributed by atoms with Gasteiger partial charge in [0.15, 0.2) is 0 Å². The van der Waals surface area contributed by atoms with E-state index in [2.05, 4.69) is 0 Å². The number of hydrogen-bond acceptors (Lipinski definition) is 5. The summed E-state index contributed by atoms with van der Waals surface area (Å²) < 4.78 is 35.2. The van der Waals surface area contributed by atoms with Crippen LogP contribution in [0.15, 0.2) is 46.2 Å². The van der Waals surface area contributed by atoms with Gasteiger partial charge in [-0.3, -0.25) is 0 Å². The first kappa shape index (κ1) is 14.5. The highest BCUT2D eigenvalue weighted by Gasteiger charge is 2.33. The van der Waals surface area contributed by atoms with Gasteiger partial charge in [-0.1, -0.05) is 24.3 Å². The molecular weight excluding hydrogens is 328 g/mol. The van der Waals surface area contributed by atoms with Crippen LogP contribution >= 0.6 is 0 Å². The van der Waals surface area contributed by atoms with Gasteiger partial charge in [0.25, 0.3) is 0 Å². The van der Waals surface area contributed by atoms with Crippen LogP contribution in [0.1, 0.15) is 0 Å². The van der Waals surface area contributed by atoms with Crippen molar-refractivity contribution in [2.24, 2.45) is 0 Å². The predicted octanol–water partition coefficient (Wildman–Crippen LogP) is 2.39. The summed E-state index contributed by atoms with van der Waals surface area (Å²) in [6, 6.07) is 11.5. The summed E-state index contributed by atoms with van der Waals surface area (Å²) in [4.78, 5) is 1.46. The lowest BCUT2D eigenvalue weighted by atomic mass is 10.1. The molecule has 3 aliphatic rings. The van der Waals surface area contributed by atoms with Gasteiger partial charge in [0.2, 0.25) is 0 Å². The number of rotatable bonds is 6. The highest BCUT2D eigenvalue weighted by atomic mass is 32.2. The molecule has 3 aliphatic heterocycles. The quantitative estimate of drug-likeness (QED) is 0.643. The number of ether oxygens (including phenoxy) is 4. The minimum Gasteiger partial charge on any atom is -0.489 e. The third-order valence-electron chi connectivity index (χ3n) is 4.27. The van der Waals surface area contributed by atoms with Gasteiger partial charge in [-0.05, 0) is 12.1 Å². The van der Waals surface area contributed by atoms with E-state index in [0.717, 1.165) is 34.1 Å². The molecule has 0 aromatic heterocycles. The molecule has 2 unspecified atom stereocenters. The Kier molecular flexibility index (Phi) is 3.36. The van der Waals surface area contributed by atoms with Crippen LogP contribution in [-0.2, 0) is 20.3 Å². The molecule has 0 saturated carbocycles. The average molecular weight is 344 g/mol.